The van der Waals surface area contributed by atoms with Crippen LogP contribution < -0.4 is 5.73 Å². The molecule has 6 nitrogen and oxygen atoms in total. The van der Waals surface area contributed by atoms with Crippen molar-refractivity contribution in [3.05, 3.63) is 12.5 Å². The first kappa shape index (κ1) is 14.5. The van der Waals surface area contributed by atoms with Gasteiger partial charge in [0.05, 0.1) is 6.33 Å². The first-order valence-corrected chi connectivity index (χ1v) is 8.16. The Hall–Kier alpha value is -0.920. The highest BCUT2D eigenvalue weighted by Crippen LogP contribution is 2.25. The predicted molar refractivity (Wildman–Crippen MR) is 73.1 cm³/mol. The number of likely N-dealkylation sites (N-methyl/N-ethyl adjacent to an activating group) is 1. The fourth-order valence-electron chi connectivity index (χ4n) is 2.56. The highest BCUT2D eigenvalue weighted by Gasteiger charge is 2.34. The summed E-state index contributed by atoms with van der Waals surface area (Å²) >= 11 is 0. The molecule has 1 aromatic heterocycles. The zero-order chi connectivity index (χ0) is 14.0. The summed E-state index contributed by atoms with van der Waals surface area (Å²) in [5, 5.41) is 0.106. The molecule has 0 aromatic carbocycles. The Bertz CT molecular complexity index is 526. The minimum Gasteiger partial charge on any atom is -0.336 e. The number of hydrogen-bond donors (Lipinski definition) is 1. The molecule has 1 heterocycles. The molecule has 1 aliphatic carbocycles. The van der Waals surface area contributed by atoms with Crippen molar-refractivity contribution in [1.82, 2.24) is 13.9 Å². The van der Waals surface area contributed by atoms with Gasteiger partial charge in [-0.3, -0.25) is 0 Å². The second-order valence-corrected chi connectivity index (χ2v) is 7.02. The maximum atomic E-state index is 12.5. The molecule has 2 N–H and O–H groups in total. The van der Waals surface area contributed by atoms with Gasteiger partial charge < -0.3 is 10.3 Å². The van der Waals surface area contributed by atoms with Crippen molar-refractivity contribution in [2.75, 3.05) is 7.05 Å². The van der Waals surface area contributed by atoms with Crippen LogP contribution in [-0.4, -0.2) is 41.4 Å². The fraction of sp³-hybridized carbons (Fsp3) is 0.750. The third kappa shape index (κ3) is 2.82. The highest BCUT2D eigenvalue weighted by molar-refractivity contribution is 7.89. The minimum absolute atomic E-state index is 0.0817. The second kappa shape index (κ2) is 5.60. The van der Waals surface area contributed by atoms with Crippen LogP contribution >= 0.6 is 0 Å². The summed E-state index contributed by atoms with van der Waals surface area (Å²) in [5.74, 6) is 0. The molecular formula is C12H22N4O2S. The Morgan fingerprint density at radius 3 is 2.74 bits per heavy atom. The van der Waals surface area contributed by atoms with Gasteiger partial charge in [0.25, 0.3) is 10.0 Å². The number of sulfonamides is 1. The lowest BCUT2D eigenvalue weighted by atomic mass is 9.91. The fourth-order valence-corrected chi connectivity index (χ4v) is 3.93. The Morgan fingerprint density at radius 1 is 1.47 bits per heavy atom. The molecule has 0 amide bonds. The number of aromatic nitrogens is 2. The normalized spacial score (nSPS) is 24.8. The third-order valence-electron chi connectivity index (χ3n) is 3.87. The van der Waals surface area contributed by atoms with Crippen molar-refractivity contribution in [3.63, 3.8) is 0 Å². The summed E-state index contributed by atoms with van der Waals surface area (Å²) < 4.78 is 28.2. The molecule has 0 radical (unpaired) electrons. The lowest BCUT2D eigenvalue weighted by Crippen LogP contribution is -2.50. The van der Waals surface area contributed by atoms with Crippen molar-refractivity contribution >= 4 is 10.0 Å². The Balaban J connectivity index is 2.23. The van der Waals surface area contributed by atoms with Crippen LogP contribution in [0.5, 0.6) is 0 Å². The Labute approximate surface area is 114 Å². The van der Waals surface area contributed by atoms with Gasteiger partial charge in [-0.25, -0.2) is 13.4 Å². The van der Waals surface area contributed by atoms with E-state index in [1.54, 1.807) is 24.1 Å². The van der Waals surface area contributed by atoms with Crippen molar-refractivity contribution in [1.29, 1.82) is 0 Å². The predicted octanol–water partition coefficient (Wildman–Crippen LogP) is 0.793. The third-order valence-corrected chi connectivity index (χ3v) is 5.64. The van der Waals surface area contributed by atoms with Crippen molar-refractivity contribution < 1.29 is 8.42 Å². The van der Waals surface area contributed by atoms with E-state index in [0.29, 0.717) is 6.54 Å². The molecule has 1 aromatic rings. The molecule has 1 aliphatic rings. The molecule has 1 fully saturated rings. The molecule has 2 rings (SSSR count). The van der Waals surface area contributed by atoms with Gasteiger partial charge in [-0.15, -0.1) is 0 Å². The molecule has 108 valence electrons. The van der Waals surface area contributed by atoms with E-state index >= 15 is 0 Å². The largest absolute Gasteiger partial charge is 0.336 e. The lowest BCUT2D eigenvalue weighted by molar-refractivity contribution is 0.252. The smallest absolute Gasteiger partial charge is 0.262 e. The number of rotatable bonds is 4. The molecule has 1 saturated carbocycles. The van der Waals surface area contributed by atoms with E-state index < -0.39 is 10.0 Å². The van der Waals surface area contributed by atoms with Crippen LogP contribution in [0.25, 0.3) is 0 Å². The molecule has 19 heavy (non-hydrogen) atoms. The molecular weight excluding hydrogens is 264 g/mol. The molecule has 7 heteroatoms. The Morgan fingerprint density at radius 2 is 2.16 bits per heavy atom. The quantitative estimate of drug-likeness (QED) is 0.887. The van der Waals surface area contributed by atoms with Crippen molar-refractivity contribution in [3.8, 4) is 0 Å². The van der Waals surface area contributed by atoms with Gasteiger partial charge >= 0.3 is 0 Å². The van der Waals surface area contributed by atoms with E-state index in [0.717, 1.165) is 25.7 Å². The molecule has 2 unspecified atom stereocenters. The van der Waals surface area contributed by atoms with Crippen LogP contribution in [0.1, 0.15) is 32.6 Å². The van der Waals surface area contributed by atoms with Gasteiger partial charge in [-0.2, -0.15) is 4.31 Å². The number of nitrogens with zero attached hydrogens (tertiary/aromatic N) is 3. The maximum absolute atomic E-state index is 12.5. The average molecular weight is 286 g/mol. The SMILES string of the molecule is CCn1cnc(S(=O)(=O)N(C)C2CCCCC2N)c1. The molecule has 0 spiro atoms. The van der Waals surface area contributed by atoms with E-state index in [2.05, 4.69) is 4.98 Å². The summed E-state index contributed by atoms with van der Waals surface area (Å²) in [4.78, 5) is 3.99. The maximum Gasteiger partial charge on any atom is 0.262 e. The number of nitrogens with two attached hydrogens (primary N) is 1. The van der Waals surface area contributed by atoms with Gasteiger partial charge in [-0.1, -0.05) is 12.8 Å². The number of hydrogen-bond acceptors (Lipinski definition) is 4. The summed E-state index contributed by atoms with van der Waals surface area (Å²) in [6.45, 7) is 2.65. The highest BCUT2D eigenvalue weighted by atomic mass is 32.2. The first-order chi connectivity index (χ1) is 8.96. The molecule has 0 bridgehead atoms. The molecule has 2 atom stereocenters. The van der Waals surface area contributed by atoms with Crippen LogP contribution in [0.2, 0.25) is 0 Å². The van der Waals surface area contributed by atoms with Crippen LogP contribution in [0.15, 0.2) is 17.6 Å². The minimum atomic E-state index is -3.54. The zero-order valence-electron chi connectivity index (χ0n) is 11.5. The summed E-state index contributed by atoms with van der Waals surface area (Å²) in [6.07, 6.45) is 6.93. The lowest BCUT2D eigenvalue weighted by Gasteiger charge is -2.34. The second-order valence-electron chi connectivity index (χ2n) is 5.08. The van der Waals surface area contributed by atoms with E-state index in [1.165, 1.54) is 4.31 Å². The van der Waals surface area contributed by atoms with Crippen LogP contribution in [0.4, 0.5) is 0 Å². The van der Waals surface area contributed by atoms with Crippen LogP contribution in [0.3, 0.4) is 0 Å². The number of aryl methyl sites for hydroxylation is 1. The summed E-state index contributed by atoms with van der Waals surface area (Å²) in [5.41, 5.74) is 6.05. The number of imidazole rings is 1. The zero-order valence-corrected chi connectivity index (χ0v) is 12.3. The van der Waals surface area contributed by atoms with Crippen molar-refractivity contribution in [2.45, 2.75) is 56.3 Å². The monoisotopic (exact) mass is 286 g/mol. The summed E-state index contributed by atoms with van der Waals surface area (Å²) in [7, 11) is -1.93. The van der Waals surface area contributed by atoms with Crippen molar-refractivity contribution in [2.24, 2.45) is 5.73 Å². The molecule has 0 saturated heterocycles. The van der Waals surface area contributed by atoms with E-state index in [1.807, 2.05) is 6.92 Å². The van der Waals surface area contributed by atoms with E-state index in [9.17, 15) is 8.42 Å². The van der Waals surface area contributed by atoms with Gasteiger partial charge in [0.1, 0.15) is 0 Å². The van der Waals surface area contributed by atoms with Gasteiger partial charge in [0, 0.05) is 31.9 Å². The summed E-state index contributed by atoms with van der Waals surface area (Å²) in [6, 6.07) is -0.202. The first-order valence-electron chi connectivity index (χ1n) is 6.72. The molecule has 0 aliphatic heterocycles. The van der Waals surface area contributed by atoms with E-state index in [-0.39, 0.29) is 17.1 Å². The van der Waals surface area contributed by atoms with Gasteiger partial charge in [0.15, 0.2) is 5.03 Å². The Kier molecular flexibility index (Phi) is 4.27. The van der Waals surface area contributed by atoms with Crippen LogP contribution in [0, 0.1) is 0 Å². The topological polar surface area (TPSA) is 81.2 Å². The standard InChI is InChI=1S/C12H22N4O2S/c1-3-16-8-12(14-9-16)19(17,18)15(2)11-7-5-4-6-10(11)13/h8-11H,3-7,13H2,1-2H3. The average Bonchev–Trinajstić information content (AvgIpc) is 2.88. The van der Waals surface area contributed by atoms with Crippen LogP contribution in [-0.2, 0) is 16.6 Å². The van der Waals surface area contributed by atoms with Gasteiger partial charge in [-0.05, 0) is 19.8 Å². The van der Waals surface area contributed by atoms with E-state index in [4.69, 9.17) is 5.73 Å². The van der Waals surface area contributed by atoms with Gasteiger partial charge in [0.2, 0.25) is 0 Å².